The van der Waals surface area contributed by atoms with Gasteiger partial charge in [0.25, 0.3) is 0 Å². The standard InChI is InChI=1S/C14H17F2N3O2/c1-17-8-10-3-4-11(20-2)12(7-10)21-9-13-18-5-6-19(13)14(15)16/h3-7,14,17H,8-9H2,1-2H3. The Balaban J connectivity index is 2.14. The number of nitrogens with one attached hydrogen (secondary N) is 1. The maximum absolute atomic E-state index is 12.7. The fourth-order valence-electron chi connectivity index (χ4n) is 1.92. The third-order valence-electron chi connectivity index (χ3n) is 2.92. The van der Waals surface area contributed by atoms with Gasteiger partial charge in [-0.05, 0) is 24.7 Å². The van der Waals surface area contributed by atoms with Crippen LogP contribution in [0.1, 0.15) is 17.9 Å². The van der Waals surface area contributed by atoms with Crippen LogP contribution in [0.5, 0.6) is 11.5 Å². The summed E-state index contributed by atoms with van der Waals surface area (Å²) in [6, 6.07) is 5.49. The van der Waals surface area contributed by atoms with Crippen molar-refractivity contribution in [3.05, 3.63) is 42.0 Å². The molecule has 0 aliphatic carbocycles. The lowest BCUT2D eigenvalue weighted by atomic mass is 10.2. The van der Waals surface area contributed by atoms with Crippen LogP contribution in [0, 0.1) is 0 Å². The SMILES string of the molecule is CNCc1ccc(OC)c(OCc2nccn2C(F)F)c1. The van der Waals surface area contributed by atoms with E-state index in [2.05, 4.69) is 10.3 Å². The lowest BCUT2D eigenvalue weighted by Gasteiger charge is -2.13. The molecule has 0 amide bonds. The van der Waals surface area contributed by atoms with Gasteiger partial charge in [-0.2, -0.15) is 8.78 Å². The molecule has 0 saturated carbocycles. The number of benzene rings is 1. The maximum atomic E-state index is 12.7. The number of alkyl halides is 2. The van der Waals surface area contributed by atoms with Gasteiger partial charge in [0.05, 0.1) is 7.11 Å². The van der Waals surface area contributed by atoms with E-state index in [0.717, 1.165) is 10.1 Å². The van der Waals surface area contributed by atoms with Crippen LogP contribution in [0.2, 0.25) is 0 Å². The van der Waals surface area contributed by atoms with Gasteiger partial charge in [-0.1, -0.05) is 6.07 Å². The molecular formula is C14H17F2N3O2. The Labute approximate surface area is 121 Å². The summed E-state index contributed by atoms with van der Waals surface area (Å²) in [5.74, 6) is 1.20. The van der Waals surface area contributed by atoms with Crippen LogP contribution >= 0.6 is 0 Å². The zero-order chi connectivity index (χ0) is 15.2. The molecule has 0 radical (unpaired) electrons. The first-order chi connectivity index (χ1) is 10.2. The van der Waals surface area contributed by atoms with Gasteiger partial charge in [0.1, 0.15) is 6.61 Å². The summed E-state index contributed by atoms with van der Waals surface area (Å²) in [4.78, 5) is 3.87. The number of methoxy groups -OCH3 is 1. The van der Waals surface area contributed by atoms with Gasteiger partial charge in [-0.25, -0.2) is 4.98 Å². The molecule has 0 bridgehead atoms. The van der Waals surface area contributed by atoms with Crippen molar-refractivity contribution in [2.24, 2.45) is 0 Å². The maximum Gasteiger partial charge on any atom is 0.320 e. The lowest BCUT2D eigenvalue weighted by Crippen LogP contribution is -2.09. The van der Waals surface area contributed by atoms with E-state index in [1.165, 1.54) is 19.5 Å². The van der Waals surface area contributed by atoms with E-state index < -0.39 is 6.55 Å². The number of rotatable bonds is 7. The molecule has 114 valence electrons. The van der Waals surface area contributed by atoms with E-state index in [4.69, 9.17) is 9.47 Å². The van der Waals surface area contributed by atoms with Gasteiger partial charge < -0.3 is 14.8 Å². The van der Waals surface area contributed by atoms with Crippen molar-refractivity contribution in [1.29, 1.82) is 0 Å². The van der Waals surface area contributed by atoms with Crippen molar-refractivity contribution >= 4 is 0 Å². The van der Waals surface area contributed by atoms with Crippen molar-refractivity contribution in [2.75, 3.05) is 14.2 Å². The summed E-state index contributed by atoms with van der Waals surface area (Å²) < 4.78 is 37.0. The Bertz CT molecular complexity index is 587. The zero-order valence-corrected chi connectivity index (χ0v) is 11.8. The van der Waals surface area contributed by atoms with Crippen LogP contribution in [-0.2, 0) is 13.2 Å². The van der Waals surface area contributed by atoms with Crippen LogP contribution in [0.15, 0.2) is 30.6 Å². The molecule has 0 fully saturated rings. The van der Waals surface area contributed by atoms with Crippen molar-refractivity contribution in [1.82, 2.24) is 14.9 Å². The second kappa shape index (κ2) is 7.03. The van der Waals surface area contributed by atoms with Gasteiger partial charge in [-0.15, -0.1) is 0 Å². The number of hydrogen-bond acceptors (Lipinski definition) is 4. The first kappa shape index (κ1) is 15.2. The summed E-state index contributed by atoms with van der Waals surface area (Å²) in [6.45, 7) is -2.02. The Morgan fingerprint density at radius 1 is 1.33 bits per heavy atom. The molecule has 0 spiro atoms. The van der Waals surface area contributed by atoms with E-state index in [9.17, 15) is 8.78 Å². The Morgan fingerprint density at radius 2 is 2.14 bits per heavy atom. The van der Waals surface area contributed by atoms with Crippen LogP contribution in [-0.4, -0.2) is 23.7 Å². The number of ether oxygens (including phenoxy) is 2. The van der Waals surface area contributed by atoms with E-state index in [0.29, 0.717) is 18.0 Å². The largest absolute Gasteiger partial charge is 0.493 e. The number of halogens is 2. The third-order valence-corrected chi connectivity index (χ3v) is 2.92. The molecular weight excluding hydrogens is 280 g/mol. The van der Waals surface area contributed by atoms with E-state index >= 15 is 0 Å². The summed E-state index contributed by atoms with van der Waals surface area (Å²) in [5, 5.41) is 3.03. The molecule has 5 nitrogen and oxygen atoms in total. The van der Waals surface area contributed by atoms with Gasteiger partial charge in [0.2, 0.25) is 0 Å². The van der Waals surface area contributed by atoms with Gasteiger partial charge in [0.15, 0.2) is 17.3 Å². The second-order valence-corrected chi connectivity index (χ2v) is 4.33. The van der Waals surface area contributed by atoms with E-state index in [1.807, 2.05) is 19.2 Å². The number of hydrogen-bond donors (Lipinski definition) is 1. The predicted octanol–water partition coefficient (Wildman–Crippen LogP) is 2.59. The smallest absolute Gasteiger partial charge is 0.320 e. The molecule has 1 aromatic carbocycles. The second-order valence-electron chi connectivity index (χ2n) is 4.33. The Hall–Kier alpha value is -2.15. The van der Waals surface area contributed by atoms with Crippen molar-refractivity contribution in [3.8, 4) is 11.5 Å². The minimum atomic E-state index is -2.64. The molecule has 0 aliphatic heterocycles. The molecule has 1 heterocycles. The summed E-state index contributed by atoms with van der Waals surface area (Å²) in [5.41, 5.74) is 1.01. The van der Waals surface area contributed by atoms with Crippen molar-refractivity contribution in [3.63, 3.8) is 0 Å². The predicted molar refractivity (Wildman–Crippen MR) is 73.6 cm³/mol. The zero-order valence-electron chi connectivity index (χ0n) is 11.8. The van der Waals surface area contributed by atoms with E-state index in [1.54, 1.807) is 6.07 Å². The Kier molecular flexibility index (Phi) is 5.10. The highest BCUT2D eigenvalue weighted by Gasteiger charge is 2.13. The minimum Gasteiger partial charge on any atom is -0.493 e. The molecule has 2 rings (SSSR count). The highest BCUT2D eigenvalue weighted by atomic mass is 19.3. The van der Waals surface area contributed by atoms with Crippen molar-refractivity contribution in [2.45, 2.75) is 19.7 Å². The first-order valence-corrected chi connectivity index (χ1v) is 6.40. The monoisotopic (exact) mass is 297 g/mol. The van der Waals surface area contributed by atoms with Crippen LogP contribution < -0.4 is 14.8 Å². The highest BCUT2D eigenvalue weighted by Crippen LogP contribution is 2.29. The minimum absolute atomic E-state index is 0.0588. The summed E-state index contributed by atoms with van der Waals surface area (Å²) in [6.07, 6.45) is 2.54. The molecule has 0 aliphatic rings. The fraction of sp³-hybridized carbons (Fsp3) is 0.357. The topological polar surface area (TPSA) is 48.3 Å². The van der Waals surface area contributed by atoms with Crippen LogP contribution in [0.4, 0.5) is 8.78 Å². The average molecular weight is 297 g/mol. The number of nitrogens with zero attached hydrogens (tertiary/aromatic N) is 2. The lowest BCUT2D eigenvalue weighted by molar-refractivity contribution is 0.0631. The van der Waals surface area contributed by atoms with Gasteiger partial charge in [-0.3, -0.25) is 4.57 Å². The van der Waals surface area contributed by atoms with Crippen LogP contribution in [0.25, 0.3) is 0 Å². The molecule has 7 heteroatoms. The van der Waals surface area contributed by atoms with Gasteiger partial charge >= 0.3 is 6.55 Å². The normalized spacial score (nSPS) is 10.9. The number of aromatic nitrogens is 2. The molecule has 2 aromatic rings. The fourth-order valence-corrected chi connectivity index (χ4v) is 1.92. The quantitative estimate of drug-likeness (QED) is 0.853. The molecule has 1 aromatic heterocycles. The molecule has 21 heavy (non-hydrogen) atoms. The van der Waals surface area contributed by atoms with Gasteiger partial charge in [0, 0.05) is 18.9 Å². The van der Waals surface area contributed by atoms with Crippen molar-refractivity contribution < 1.29 is 18.3 Å². The Morgan fingerprint density at radius 3 is 2.81 bits per heavy atom. The molecule has 1 N–H and O–H groups in total. The molecule has 0 atom stereocenters. The van der Waals surface area contributed by atoms with E-state index in [-0.39, 0.29) is 12.4 Å². The third kappa shape index (κ3) is 3.69. The van der Waals surface area contributed by atoms with Crippen LogP contribution in [0.3, 0.4) is 0 Å². The molecule has 0 unspecified atom stereocenters. The average Bonchev–Trinajstić information content (AvgIpc) is 2.94. The highest BCUT2D eigenvalue weighted by molar-refractivity contribution is 5.43. The number of imidazole rings is 1. The first-order valence-electron chi connectivity index (χ1n) is 6.40. The molecule has 0 saturated heterocycles. The summed E-state index contributed by atoms with van der Waals surface area (Å²) >= 11 is 0. The summed E-state index contributed by atoms with van der Waals surface area (Å²) in [7, 11) is 3.37.